The van der Waals surface area contributed by atoms with E-state index >= 15 is 0 Å². The van der Waals surface area contributed by atoms with Gasteiger partial charge in [0.15, 0.2) is 11.5 Å². The SMILES string of the molecule is COc1c(NC(=O)Oc2ccccc2)cc(C(C)(C)C)cc1OCP(C)(C)=O. The van der Waals surface area contributed by atoms with Gasteiger partial charge in [0.2, 0.25) is 0 Å². The van der Waals surface area contributed by atoms with E-state index in [2.05, 4.69) is 26.1 Å². The van der Waals surface area contributed by atoms with Gasteiger partial charge in [0.05, 0.1) is 12.8 Å². The van der Waals surface area contributed by atoms with Gasteiger partial charge in [0, 0.05) is 0 Å². The van der Waals surface area contributed by atoms with Crippen molar-refractivity contribution >= 4 is 18.9 Å². The topological polar surface area (TPSA) is 73.9 Å². The van der Waals surface area contributed by atoms with Crippen LogP contribution in [0.4, 0.5) is 10.5 Å². The summed E-state index contributed by atoms with van der Waals surface area (Å²) in [6.45, 7) is 9.46. The molecule has 28 heavy (non-hydrogen) atoms. The van der Waals surface area contributed by atoms with E-state index in [1.807, 2.05) is 18.2 Å². The molecule has 0 aliphatic carbocycles. The average Bonchev–Trinajstić information content (AvgIpc) is 2.59. The molecule has 0 aliphatic heterocycles. The quantitative estimate of drug-likeness (QED) is 0.637. The molecule has 2 aromatic carbocycles. The molecular weight excluding hydrogens is 377 g/mol. The van der Waals surface area contributed by atoms with Crippen LogP contribution in [0, 0.1) is 0 Å². The summed E-state index contributed by atoms with van der Waals surface area (Å²) in [6.07, 6.45) is -0.566. The van der Waals surface area contributed by atoms with Crippen LogP contribution in [0.2, 0.25) is 0 Å². The third kappa shape index (κ3) is 6.31. The van der Waals surface area contributed by atoms with E-state index in [0.29, 0.717) is 22.9 Å². The van der Waals surface area contributed by atoms with E-state index < -0.39 is 13.2 Å². The van der Waals surface area contributed by atoms with Gasteiger partial charge >= 0.3 is 6.09 Å². The third-order valence-corrected chi connectivity index (χ3v) is 4.60. The molecule has 0 spiro atoms. The van der Waals surface area contributed by atoms with Crippen molar-refractivity contribution in [3.63, 3.8) is 0 Å². The molecule has 0 unspecified atom stereocenters. The first-order chi connectivity index (χ1) is 13.0. The van der Waals surface area contributed by atoms with Crippen LogP contribution in [0.1, 0.15) is 26.3 Å². The fourth-order valence-electron chi connectivity index (χ4n) is 2.40. The van der Waals surface area contributed by atoms with Gasteiger partial charge in [-0.25, -0.2) is 4.79 Å². The van der Waals surface area contributed by atoms with Gasteiger partial charge in [0.1, 0.15) is 19.2 Å². The van der Waals surface area contributed by atoms with E-state index in [1.54, 1.807) is 37.6 Å². The van der Waals surface area contributed by atoms with Crippen LogP contribution < -0.4 is 19.5 Å². The molecule has 6 nitrogen and oxygen atoms in total. The molecule has 1 N–H and O–H groups in total. The van der Waals surface area contributed by atoms with Crippen molar-refractivity contribution in [1.29, 1.82) is 0 Å². The van der Waals surface area contributed by atoms with E-state index in [-0.39, 0.29) is 11.8 Å². The first-order valence-electron chi connectivity index (χ1n) is 8.93. The molecule has 0 heterocycles. The number of methoxy groups -OCH3 is 1. The summed E-state index contributed by atoms with van der Waals surface area (Å²) < 4.78 is 28.7. The Morgan fingerprint density at radius 2 is 1.75 bits per heavy atom. The number of rotatable bonds is 6. The van der Waals surface area contributed by atoms with Crippen LogP contribution in [0.15, 0.2) is 42.5 Å². The number of hydrogen-bond donors (Lipinski definition) is 1. The summed E-state index contributed by atoms with van der Waals surface area (Å²) in [4.78, 5) is 12.4. The van der Waals surface area contributed by atoms with Gasteiger partial charge in [-0.3, -0.25) is 5.32 Å². The lowest BCUT2D eigenvalue weighted by Gasteiger charge is -2.24. The minimum Gasteiger partial charge on any atom is -0.491 e. The summed E-state index contributed by atoms with van der Waals surface area (Å²) in [7, 11) is -0.905. The van der Waals surface area contributed by atoms with Crippen LogP contribution in [0.3, 0.4) is 0 Å². The maximum atomic E-state index is 12.4. The predicted molar refractivity (Wildman–Crippen MR) is 113 cm³/mol. The third-order valence-electron chi connectivity index (χ3n) is 3.85. The van der Waals surface area contributed by atoms with Crippen molar-refractivity contribution in [2.24, 2.45) is 0 Å². The number of anilines is 1. The summed E-state index contributed by atoms with van der Waals surface area (Å²) in [5.41, 5.74) is 1.15. The lowest BCUT2D eigenvalue weighted by Crippen LogP contribution is -2.19. The molecule has 2 aromatic rings. The van der Waals surface area contributed by atoms with Gasteiger partial charge in [0.25, 0.3) is 0 Å². The molecule has 1 amide bonds. The van der Waals surface area contributed by atoms with Gasteiger partial charge in [-0.1, -0.05) is 39.0 Å². The molecule has 2 rings (SSSR count). The fourth-order valence-corrected chi connectivity index (χ4v) is 2.85. The largest absolute Gasteiger partial charge is 0.491 e. The molecule has 0 aromatic heterocycles. The highest BCUT2D eigenvalue weighted by atomic mass is 31.2. The Hall–Kier alpha value is -2.46. The lowest BCUT2D eigenvalue weighted by molar-refractivity contribution is 0.215. The zero-order valence-electron chi connectivity index (χ0n) is 17.2. The highest BCUT2D eigenvalue weighted by Crippen LogP contribution is 2.43. The Labute approximate surface area is 166 Å². The molecular formula is C21H28NO5P. The van der Waals surface area contributed by atoms with Gasteiger partial charge in [-0.05, 0) is 48.6 Å². The summed E-state index contributed by atoms with van der Waals surface area (Å²) in [5.74, 6) is 1.21. The Kier molecular flexibility index (Phi) is 6.78. The maximum absolute atomic E-state index is 12.4. The zero-order chi connectivity index (χ0) is 20.9. The fraction of sp³-hybridized carbons (Fsp3) is 0.381. The van der Waals surface area contributed by atoms with Crippen LogP contribution >= 0.6 is 7.14 Å². The van der Waals surface area contributed by atoms with Crippen LogP contribution in [-0.2, 0) is 9.98 Å². The summed E-state index contributed by atoms with van der Waals surface area (Å²) in [5, 5.41) is 2.72. The first kappa shape index (κ1) is 21.8. The number of carbonyl (C=O) groups excluding carboxylic acids is 1. The molecule has 0 fully saturated rings. The minimum absolute atomic E-state index is 0.0743. The van der Waals surface area contributed by atoms with E-state index in [9.17, 15) is 9.36 Å². The molecule has 7 heteroatoms. The summed E-state index contributed by atoms with van der Waals surface area (Å²) in [6, 6.07) is 12.5. The molecule has 0 saturated carbocycles. The standard InChI is InChI=1S/C21H28NO5P/c1-21(2,3)15-12-17(22-20(23)27-16-10-8-7-9-11-16)19(25-4)18(13-15)26-14-28(5,6)24/h7-13H,14H2,1-6H3,(H,22,23). The molecule has 0 bridgehead atoms. The smallest absolute Gasteiger partial charge is 0.417 e. The van der Waals surface area contributed by atoms with Crippen molar-refractivity contribution in [2.45, 2.75) is 26.2 Å². The van der Waals surface area contributed by atoms with Crippen LogP contribution in [-0.4, -0.2) is 32.9 Å². The van der Waals surface area contributed by atoms with Crippen molar-refractivity contribution in [2.75, 3.05) is 32.1 Å². The van der Waals surface area contributed by atoms with Crippen molar-refractivity contribution < 1.29 is 23.6 Å². The first-order valence-corrected chi connectivity index (χ1v) is 11.7. The Morgan fingerprint density at radius 3 is 2.29 bits per heavy atom. The Bertz CT molecular complexity index is 868. The molecule has 0 radical (unpaired) electrons. The number of carbonyl (C=O) groups is 1. The molecule has 152 valence electrons. The summed E-state index contributed by atoms with van der Waals surface area (Å²) >= 11 is 0. The minimum atomic E-state index is -2.40. The molecule has 0 saturated heterocycles. The number of amides is 1. The van der Waals surface area contributed by atoms with E-state index in [1.165, 1.54) is 7.11 Å². The second-order valence-corrected chi connectivity index (χ2v) is 11.4. The average molecular weight is 405 g/mol. The van der Waals surface area contributed by atoms with Crippen LogP contribution in [0.25, 0.3) is 0 Å². The van der Waals surface area contributed by atoms with Crippen LogP contribution in [0.5, 0.6) is 17.2 Å². The second kappa shape index (κ2) is 8.70. The van der Waals surface area contributed by atoms with Crippen molar-refractivity contribution in [3.8, 4) is 17.2 Å². The molecule has 0 atom stereocenters. The second-order valence-electron chi connectivity index (χ2n) is 7.98. The monoisotopic (exact) mass is 405 g/mol. The Balaban J connectivity index is 2.37. The molecule has 0 aliphatic rings. The zero-order valence-corrected chi connectivity index (χ0v) is 18.1. The number of nitrogens with one attached hydrogen (secondary N) is 1. The van der Waals surface area contributed by atoms with Gasteiger partial charge in [-0.2, -0.15) is 0 Å². The van der Waals surface area contributed by atoms with Gasteiger partial charge in [-0.15, -0.1) is 0 Å². The Morgan fingerprint density at radius 1 is 1.11 bits per heavy atom. The van der Waals surface area contributed by atoms with E-state index in [4.69, 9.17) is 14.2 Å². The van der Waals surface area contributed by atoms with Gasteiger partial charge < -0.3 is 18.8 Å². The number of ether oxygens (including phenoxy) is 3. The number of hydrogen-bond acceptors (Lipinski definition) is 5. The normalized spacial score (nSPS) is 11.6. The number of para-hydroxylation sites is 1. The van der Waals surface area contributed by atoms with E-state index in [0.717, 1.165) is 5.56 Å². The highest BCUT2D eigenvalue weighted by Gasteiger charge is 2.23. The number of benzene rings is 2. The van der Waals surface area contributed by atoms with Crippen molar-refractivity contribution in [1.82, 2.24) is 0 Å². The lowest BCUT2D eigenvalue weighted by atomic mass is 9.86. The highest BCUT2D eigenvalue weighted by molar-refractivity contribution is 7.62. The maximum Gasteiger partial charge on any atom is 0.417 e. The van der Waals surface area contributed by atoms with Crippen molar-refractivity contribution in [3.05, 3.63) is 48.0 Å². The predicted octanol–water partition coefficient (Wildman–Crippen LogP) is 5.56.